The average molecular weight is 431 g/mol. The quantitative estimate of drug-likeness (QED) is 0.345. The van der Waals surface area contributed by atoms with Gasteiger partial charge < -0.3 is 15.0 Å². The number of nitrogens with zero attached hydrogens (tertiary/aromatic N) is 2. The lowest BCUT2D eigenvalue weighted by Crippen LogP contribution is -2.40. The van der Waals surface area contributed by atoms with Gasteiger partial charge in [0.2, 0.25) is 0 Å². The molecule has 6 heteroatoms. The topological polar surface area (TPSA) is 53.9 Å². The molecular formula is C17H26IN3O2. The lowest BCUT2D eigenvalue weighted by Gasteiger charge is -2.21. The summed E-state index contributed by atoms with van der Waals surface area (Å²) in [5.41, 5.74) is 1.18. The van der Waals surface area contributed by atoms with E-state index in [-0.39, 0.29) is 41.8 Å². The highest BCUT2D eigenvalue weighted by Gasteiger charge is 2.36. The lowest BCUT2D eigenvalue weighted by molar-refractivity contribution is -0.145. The first kappa shape index (κ1) is 19.7. The van der Waals surface area contributed by atoms with Crippen molar-refractivity contribution < 1.29 is 9.53 Å². The molecular weight excluding hydrogens is 405 g/mol. The maximum atomic E-state index is 11.8. The zero-order valence-electron chi connectivity index (χ0n) is 14.0. The maximum Gasteiger partial charge on any atom is 0.310 e. The van der Waals surface area contributed by atoms with Crippen LogP contribution in [0.4, 0.5) is 0 Å². The van der Waals surface area contributed by atoms with Gasteiger partial charge in [-0.15, -0.1) is 24.0 Å². The van der Waals surface area contributed by atoms with Crippen molar-refractivity contribution in [3.63, 3.8) is 0 Å². The van der Waals surface area contributed by atoms with Crippen LogP contribution in [0, 0.1) is 11.8 Å². The van der Waals surface area contributed by atoms with Gasteiger partial charge in [0.1, 0.15) is 0 Å². The van der Waals surface area contributed by atoms with Crippen LogP contribution in [0.1, 0.15) is 19.4 Å². The van der Waals surface area contributed by atoms with Gasteiger partial charge in [0.25, 0.3) is 0 Å². The largest absolute Gasteiger partial charge is 0.469 e. The summed E-state index contributed by atoms with van der Waals surface area (Å²) in [7, 11) is 1.45. The van der Waals surface area contributed by atoms with Gasteiger partial charge in [-0.2, -0.15) is 0 Å². The van der Waals surface area contributed by atoms with Gasteiger partial charge in [-0.05, 0) is 18.4 Å². The number of ether oxygens (including phenoxy) is 1. The zero-order chi connectivity index (χ0) is 15.9. The molecule has 1 heterocycles. The van der Waals surface area contributed by atoms with Gasteiger partial charge in [0, 0.05) is 19.6 Å². The number of methoxy groups -OCH3 is 1. The Hall–Kier alpha value is -1.31. The summed E-state index contributed by atoms with van der Waals surface area (Å²) in [4.78, 5) is 18.7. The Labute approximate surface area is 155 Å². The van der Waals surface area contributed by atoms with E-state index >= 15 is 0 Å². The molecule has 0 aliphatic carbocycles. The van der Waals surface area contributed by atoms with Crippen molar-refractivity contribution in [2.75, 3.05) is 26.7 Å². The van der Waals surface area contributed by atoms with Crippen molar-refractivity contribution in [2.45, 2.75) is 20.4 Å². The van der Waals surface area contributed by atoms with Crippen LogP contribution in [0.3, 0.4) is 0 Å². The third kappa shape index (κ3) is 5.37. The number of guanidine groups is 1. The molecule has 2 rings (SSSR count). The molecule has 0 spiro atoms. The Morgan fingerprint density at radius 3 is 2.65 bits per heavy atom. The second-order valence-electron chi connectivity index (χ2n) is 5.67. The minimum atomic E-state index is -0.131. The summed E-state index contributed by atoms with van der Waals surface area (Å²) in [6, 6.07) is 10.2. The molecule has 1 aliphatic heterocycles. The Morgan fingerprint density at radius 2 is 2.04 bits per heavy atom. The predicted octanol–water partition coefficient (Wildman–Crippen LogP) is 2.51. The first-order valence-corrected chi connectivity index (χ1v) is 7.80. The number of hydrogen-bond donors (Lipinski definition) is 1. The van der Waals surface area contributed by atoms with Gasteiger partial charge in [0.05, 0.1) is 19.6 Å². The van der Waals surface area contributed by atoms with Crippen molar-refractivity contribution in [1.29, 1.82) is 0 Å². The third-order valence-electron chi connectivity index (χ3n) is 4.00. The standard InChI is InChI=1S/C17H25N3O2.HI/c1-4-18-17(19-10-14-8-6-5-7-9-14)20-11-13(2)15(12-20)16(21)22-3;/h5-9,13,15H,4,10-12H2,1-3H3,(H,18,19);1H. The fraction of sp³-hybridized carbons (Fsp3) is 0.529. The van der Waals surface area contributed by atoms with Crippen LogP contribution in [0.5, 0.6) is 0 Å². The number of aliphatic imine (C=N–C) groups is 1. The molecule has 0 bridgehead atoms. The second-order valence-corrected chi connectivity index (χ2v) is 5.67. The molecule has 0 saturated carbocycles. The van der Waals surface area contributed by atoms with Crippen LogP contribution >= 0.6 is 24.0 Å². The number of carbonyl (C=O) groups excluding carboxylic acids is 1. The van der Waals surface area contributed by atoms with Crippen molar-refractivity contribution >= 4 is 35.9 Å². The predicted molar refractivity (Wildman–Crippen MR) is 103 cm³/mol. The van der Waals surface area contributed by atoms with E-state index < -0.39 is 0 Å². The van der Waals surface area contributed by atoms with Crippen molar-refractivity contribution in [1.82, 2.24) is 10.2 Å². The summed E-state index contributed by atoms with van der Waals surface area (Å²) < 4.78 is 4.90. The number of benzene rings is 1. The van der Waals surface area contributed by atoms with Crippen molar-refractivity contribution in [3.8, 4) is 0 Å². The third-order valence-corrected chi connectivity index (χ3v) is 4.00. The fourth-order valence-electron chi connectivity index (χ4n) is 2.77. The van der Waals surface area contributed by atoms with E-state index in [9.17, 15) is 4.79 Å². The molecule has 1 saturated heterocycles. The van der Waals surface area contributed by atoms with E-state index in [2.05, 4.69) is 36.2 Å². The second kappa shape index (κ2) is 9.75. The Morgan fingerprint density at radius 1 is 1.35 bits per heavy atom. The van der Waals surface area contributed by atoms with Gasteiger partial charge in [-0.3, -0.25) is 4.79 Å². The van der Waals surface area contributed by atoms with Gasteiger partial charge in [0.15, 0.2) is 5.96 Å². The molecule has 1 aliphatic rings. The zero-order valence-corrected chi connectivity index (χ0v) is 16.3. The van der Waals surface area contributed by atoms with Gasteiger partial charge in [-0.25, -0.2) is 4.99 Å². The molecule has 1 aromatic rings. The normalized spacial score (nSPS) is 20.8. The maximum absolute atomic E-state index is 11.8. The van der Waals surface area contributed by atoms with E-state index in [4.69, 9.17) is 9.73 Å². The number of rotatable bonds is 4. The Bertz CT molecular complexity index is 522. The van der Waals surface area contributed by atoms with E-state index in [0.29, 0.717) is 13.1 Å². The minimum absolute atomic E-state index is 0. The average Bonchev–Trinajstić information content (AvgIpc) is 2.93. The summed E-state index contributed by atoms with van der Waals surface area (Å²) in [5, 5.41) is 3.32. The number of hydrogen-bond acceptors (Lipinski definition) is 3. The lowest BCUT2D eigenvalue weighted by atomic mass is 9.99. The molecule has 5 nitrogen and oxygen atoms in total. The van der Waals surface area contributed by atoms with E-state index in [0.717, 1.165) is 19.0 Å². The monoisotopic (exact) mass is 431 g/mol. The Kier molecular flexibility index (Phi) is 8.36. The van der Waals surface area contributed by atoms with Crippen molar-refractivity contribution in [2.24, 2.45) is 16.8 Å². The van der Waals surface area contributed by atoms with E-state index in [1.807, 2.05) is 18.2 Å². The SMILES string of the molecule is CCNC(=NCc1ccccc1)N1CC(C)C(C(=O)OC)C1.I. The molecule has 1 N–H and O–H groups in total. The number of nitrogens with one attached hydrogen (secondary N) is 1. The van der Waals surface area contributed by atoms with Crippen LogP contribution in [0.25, 0.3) is 0 Å². The molecule has 1 fully saturated rings. The number of likely N-dealkylation sites (tertiary alicyclic amines) is 1. The Balaban J connectivity index is 0.00000264. The van der Waals surface area contributed by atoms with Gasteiger partial charge >= 0.3 is 5.97 Å². The molecule has 0 radical (unpaired) electrons. The van der Waals surface area contributed by atoms with Gasteiger partial charge in [-0.1, -0.05) is 37.3 Å². The molecule has 0 aromatic heterocycles. The summed E-state index contributed by atoms with van der Waals surface area (Å²) in [6.07, 6.45) is 0. The molecule has 0 amide bonds. The number of esters is 1. The molecule has 128 valence electrons. The summed E-state index contributed by atoms with van der Waals surface area (Å²) >= 11 is 0. The molecule has 2 unspecified atom stereocenters. The van der Waals surface area contributed by atoms with Crippen LogP contribution in [-0.2, 0) is 16.1 Å². The van der Waals surface area contributed by atoms with Crippen LogP contribution in [-0.4, -0.2) is 43.6 Å². The minimum Gasteiger partial charge on any atom is -0.469 e. The highest BCUT2D eigenvalue weighted by Crippen LogP contribution is 2.24. The first-order chi connectivity index (χ1) is 10.7. The molecule has 1 aromatic carbocycles. The molecule has 2 atom stereocenters. The number of carbonyl (C=O) groups is 1. The van der Waals surface area contributed by atoms with Crippen LogP contribution in [0.15, 0.2) is 35.3 Å². The number of halogens is 1. The highest BCUT2D eigenvalue weighted by atomic mass is 127. The smallest absolute Gasteiger partial charge is 0.310 e. The van der Waals surface area contributed by atoms with Crippen molar-refractivity contribution in [3.05, 3.63) is 35.9 Å². The van der Waals surface area contributed by atoms with Crippen LogP contribution < -0.4 is 5.32 Å². The van der Waals surface area contributed by atoms with E-state index in [1.54, 1.807) is 0 Å². The first-order valence-electron chi connectivity index (χ1n) is 7.80. The fourth-order valence-corrected chi connectivity index (χ4v) is 2.77. The van der Waals surface area contributed by atoms with Crippen LogP contribution in [0.2, 0.25) is 0 Å². The molecule has 23 heavy (non-hydrogen) atoms. The summed E-state index contributed by atoms with van der Waals surface area (Å²) in [6.45, 7) is 7.06. The van der Waals surface area contributed by atoms with E-state index in [1.165, 1.54) is 12.7 Å². The summed E-state index contributed by atoms with van der Waals surface area (Å²) in [5.74, 6) is 0.928. The highest BCUT2D eigenvalue weighted by molar-refractivity contribution is 14.0.